The Labute approximate surface area is 129 Å². The molecule has 0 bridgehead atoms. The molecule has 0 aromatic heterocycles. The van der Waals surface area contributed by atoms with Crippen LogP contribution in [0.4, 0.5) is 18.9 Å². The van der Waals surface area contributed by atoms with E-state index in [1.165, 1.54) is 0 Å². The van der Waals surface area contributed by atoms with Crippen LogP contribution >= 0.6 is 11.6 Å². The fourth-order valence-electron chi connectivity index (χ4n) is 1.98. The summed E-state index contributed by atoms with van der Waals surface area (Å²) in [5.74, 6) is 0.499. The van der Waals surface area contributed by atoms with Crippen LogP contribution in [-0.4, -0.2) is 26.3 Å². The van der Waals surface area contributed by atoms with Crippen LogP contribution in [0.15, 0.2) is 18.2 Å². The summed E-state index contributed by atoms with van der Waals surface area (Å²) in [6.45, 7) is 5.48. The van der Waals surface area contributed by atoms with Crippen LogP contribution < -0.4 is 10.2 Å². The maximum atomic E-state index is 12.3. The molecule has 1 aromatic carbocycles. The zero-order valence-electron chi connectivity index (χ0n) is 12.6. The highest BCUT2D eigenvalue weighted by molar-refractivity contribution is 6.31. The summed E-state index contributed by atoms with van der Waals surface area (Å²) in [6, 6.07) is 5.32. The van der Waals surface area contributed by atoms with Crippen molar-refractivity contribution < 1.29 is 13.2 Å². The van der Waals surface area contributed by atoms with E-state index < -0.39 is 12.6 Å². The molecule has 0 aliphatic carbocycles. The third-order valence-corrected chi connectivity index (χ3v) is 3.44. The van der Waals surface area contributed by atoms with E-state index in [9.17, 15) is 13.2 Å². The molecule has 0 saturated carbocycles. The molecule has 0 radical (unpaired) electrons. The van der Waals surface area contributed by atoms with Crippen LogP contribution in [0.3, 0.4) is 0 Å². The van der Waals surface area contributed by atoms with Crippen LogP contribution in [0.2, 0.25) is 5.02 Å². The maximum Gasteiger partial charge on any atom is 0.390 e. The second kappa shape index (κ2) is 7.90. The summed E-state index contributed by atoms with van der Waals surface area (Å²) in [4.78, 5) is 1.60. The van der Waals surface area contributed by atoms with Gasteiger partial charge in [0.15, 0.2) is 0 Å². The van der Waals surface area contributed by atoms with Crippen molar-refractivity contribution in [3.8, 4) is 0 Å². The fraction of sp³-hybridized carbons (Fsp3) is 0.600. The Morgan fingerprint density at radius 3 is 2.52 bits per heavy atom. The number of nitrogens with zero attached hydrogens (tertiary/aromatic N) is 1. The summed E-state index contributed by atoms with van der Waals surface area (Å²) in [5, 5.41) is 3.85. The number of rotatable bonds is 7. The molecule has 6 heteroatoms. The normalized spacial score (nSPS) is 12.0. The molecule has 0 aliphatic rings. The van der Waals surface area contributed by atoms with Gasteiger partial charge < -0.3 is 10.2 Å². The highest BCUT2D eigenvalue weighted by Gasteiger charge is 2.27. The number of hydrogen-bond donors (Lipinski definition) is 1. The molecule has 0 amide bonds. The highest BCUT2D eigenvalue weighted by atomic mass is 35.5. The maximum absolute atomic E-state index is 12.3. The average molecular weight is 323 g/mol. The predicted molar refractivity (Wildman–Crippen MR) is 81.9 cm³/mol. The molecule has 0 spiro atoms. The molecule has 0 atom stereocenters. The molecule has 0 heterocycles. The number of alkyl halides is 3. The van der Waals surface area contributed by atoms with Crippen molar-refractivity contribution in [1.29, 1.82) is 0 Å². The van der Waals surface area contributed by atoms with E-state index in [1.807, 2.05) is 0 Å². The van der Waals surface area contributed by atoms with Gasteiger partial charge in [0.2, 0.25) is 0 Å². The third kappa shape index (κ3) is 6.57. The zero-order valence-corrected chi connectivity index (χ0v) is 13.4. The average Bonchev–Trinajstić information content (AvgIpc) is 2.36. The lowest BCUT2D eigenvalue weighted by atomic mass is 10.1. The Kier molecular flexibility index (Phi) is 6.81. The van der Waals surface area contributed by atoms with E-state index in [4.69, 9.17) is 11.6 Å². The molecule has 1 aromatic rings. The molecule has 0 unspecified atom stereocenters. The first-order valence-corrected chi connectivity index (χ1v) is 7.34. The molecule has 120 valence electrons. The predicted octanol–water partition coefficient (Wildman–Crippen LogP) is 4.47. The van der Waals surface area contributed by atoms with Gasteiger partial charge in [0.25, 0.3) is 0 Å². The van der Waals surface area contributed by atoms with Crippen LogP contribution in [0.1, 0.15) is 25.8 Å². The van der Waals surface area contributed by atoms with Crippen molar-refractivity contribution in [2.75, 3.05) is 25.0 Å². The van der Waals surface area contributed by atoms with E-state index in [-0.39, 0.29) is 6.54 Å². The van der Waals surface area contributed by atoms with Crippen LogP contribution in [0.5, 0.6) is 0 Å². The van der Waals surface area contributed by atoms with Crippen molar-refractivity contribution in [3.63, 3.8) is 0 Å². The number of nitrogens with one attached hydrogen (secondary N) is 1. The summed E-state index contributed by atoms with van der Waals surface area (Å²) in [6.07, 6.45) is -4.99. The van der Waals surface area contributed by atoms with Gasteiger partial charge in [-0.3, -0.25) is 0 Å². The van der Waals surface area contributed by atoms with Gasteiger partial charge in [-0.25, -0.2) is 0 Å². The molecule has 2 nitrogen and oxygen atoms in total. The van der Waals surface area contributed by atoms with E-state index in [1.54, 1.807) is 30.1 Å². The van der Waals surface area contributed by atoms with Gasteiger partial charge in [-0.05, 0) is 24.6 Å². The van der Waals surface area contributed by atoms with Crippen molar-refractivity contribution >= 4 is 17.3 Å². The van der Waals surface area contributed by atoms with E-state index >= 15 is 0 Å². The summed E-state index contributed by atoms with van der Waals surface area (Å²) < 4.78 is 37.0. The minimum absolute atomic E-state index is 0.0823. The van der Waals surface area contributed by atoms with Gasteiger partial charge in [-0.2, -0.15) is 13.2 Å². The SMILES string of the molecule is CC(C)CNCc1c(Cl)cccc1N(C)CCC(F)(F)F. The Morgan fingerprint density at radius 1 is 1.29 bits per heavy atom. The molecule has 0 aliphatic heterocycles. The van der Waals surface area contributed by atoms with Crippen molar-refractivity contribution in [1.82, 2.24) is 5.32 Å². The summed E-state index contributed by atoms with van der Waals surface area (Å²) >= 11 is 6.19. The Morgan fingerprint density at radius 2 is 1.95 bits per heavy atom. The smallest absolute Gasteiger partial charge is 0.374 e. The van der Waals surface area contributed by atoms with Crippen LogP contribution in [-0.2, 0) is 6.54 Å². The number of hydrogen-bond acceptors (Lipinski definition) is 2. The standard InChI is InChI=1S/C15H22ClF3N2/c1-11(2)9-20-10-12-13(16)5-4-6-14(12)21(3)8-7-15(17,18)19/h4-6,11,20H,7-10H2,1-3H3. The third-order valence-electron chi connectivity index (χ3n) is 3.09. The van der Waals surface area contributed by atoms with Crippen molar-refractivity contribution in [2.24, 2.45) is 5.92 Å². The number of anilines is 1. The highest BCUT2D eigenvalue weighted by Crippen LogP contribution is 2.28. The summed E-state index contributed by atoms with van der Waals surface area (Å²) in [5.41, 5.74) is 1.58. The molecule has 0 fully saturated rings. The second-order valence-electron chi connectivity index (χ2n) is 5.55. The van der Waals surface area contributed by atoms with Crippen LogP contribution in [0, 0.1) is 5.92 Å². The molecular formula is C15H22ClF3N2. The van der Waals surface area contributed by atoms with Gasteiger partial charge in [0, 0.05) is 36.4 Å². The van der Waals surface area contributed by atoms with E-state index in [0.29, 0.717) is 17.5 Å². The lowest BCUT2D eigenvalue weighted by Gasteiger charge is -2.24. The van der Waals surface area contributed by atoms with Gasteiger partial charge in [-0.1, -0.05) is 31.5 Å². The minimum Gasteiger partial charge on any atom is -0.374 e. The Hall–Kier alpha value is -0.940. The van der Waals surface area contributed by atoms with Gasteiger partial charge in [-0.15, -0.1) is 0 Å². The minimum atomic E-state index is -4.15. The molecule has 1 N–H and O–H groups in total. The van der Waals surface area contributed by atoms with Crippen LogP contribution in [0.25, 0.3) is 0 Å². The first-order valence-electron chi connectivity index (χ1n) is 6.96. The van der Waals surface area contributed by atoms with Gasteiger partial charge in [0.1, 0.15) is 0 Å². The lowest BCUT2D eigenvalue weighted by Crippen LogP contribution is -2.26. The number of benzene rings is 1. The van der Waals surface area contributed by atoms with E-state index in [0.717, 1.165) is 17.8 Å². The monoisotopic (exact) mass is 322 g/mol. The second-order valence-corrected chi connectivity index (χ2v) is 5.96. The van der Waals surface area contributed by atoms with Crippen molar-refractivity contribution in [3.05, 3.63) is 28.8 Å². The van der Waals surface area contributed by atoms with Gasteiger partial charge >= 0.3 is 6.18 Å². The summed E-state index contributed by atoms with van der Waals surface area (Å²) in [7, 11) is 1.66. The Bertz CT molecular complexity index is 447. The molecule has 21 heavy (non-hydrogen) atoms. The molecule has 1 rings (SSSR count). The largest absolute Gasteiger partial charge is 0.390 e. The fourth-order valence-corrected chi connectivity index (χ4v) is 2.22. The zero-order chi connectivity index (χ0) is 16.0. The first kappa shape index (κ1) is 18.1. The van der Waals surface area contributed by atoms with Crippen molar-refractivity contribution in [2.45, 2.75) is 33.0 Å². The lowest BCUT2D eigenvalue weighted by molar-refractivity contribution is -0.132. The molecular weight excluding hydrogens is 301 g/mol. The molecule has 0 saturated heterocycles. The van der Waals surface area contributed by atoms with E-state index in [2.05, 4.69) is 19.2 Å². The number of halogens is 4. The quantitative estimate of drug-likeness (QED) is 0.796. The first-order chi connectivity index (χ1) is 9.70. The Balaban J connectivity index is 2.78. The van der Waals surface area contributed by atoms with Gasteiger partial charge in [0.05, 0.1) is 6.42 Å². The topological polar surface area (TPSA) is 15.3 Å².